The van der Waals surface area contributed by atoms with Gasteiger partial charge in [-0.05, 0) is 17.5 Å². The van der Waals surface area contributed by atoms with Gasteiger partial charge in [0.25, 0.3) is 5.91 Å². The Balaban J connectivity index is 1.29. The van der Waals surface area contributed by atoms with Crippen molar-refractivity contribution in [2.75, 3.05) is 26.2 Å². The summed E-state index contributed by atoms with van der Waals surface area (Å²) in [5, 5.41) is 4.14. The molecule has 1 aliphatic heterocycles. The molecule has 1 saturated heterocycles. The van der Waals surface area contributed by atoms with Gasteiger partial charge in [0.05, 0.1) is 10.4 Å². The number of hydrogen-bond acceptors (Lipinski definition) is 6. The van der Waals surface area contributed by atoms with E-state index in [1.54, 1.807) is 22.7 Å². The fourth-order valence-corrected chi connectivity index (χ4v) is 5.76. The minimum atomic E-state index is 0.141. The first-order chi connectivity index (χ1) is 12.3. The monoisotopic (exact) mass is 388 g/mol. The van der Waals surface area contributed by atoms with Crippen LogP contribution in [0.4, 0.5) is 0 Å². The van der Waals surface area contributed by atoms with Crippen molar-refractivity contribution in [1.29, 1.82) is 0 Å². The first kappa shape index (κ1) is 15.5. The predicted molar refractivity (Wildman–Crippen MR) is 104 cm³/mol. The topological polar surface area (TPSA) is 40.9 Å². The summed E-state index contributed by atoms with van der Waals surface area (Å²) in [5.74, 6) is 0.141. The Bertz CT molecular complexity index is 1020. The Hall–Kier alpha value is -1.74. The molecule has 0 spiro atoms. The van der Waals surface area contributed by atoms with Crippen molar-refractivity contribution < 1.29 is 4.79 Å². The van der Waals surface area contributed by atoms with Gasteiger partial charge in [0.15, 0.2) is 4.96 Å². The van der Waals surface area contributed by atoms with Gasteiger partial charge in [0, 0.05) is 49.2 Å². The Morgan fingerprint density at radius 3 is 2.84 bits per heavy atom. The summed E-state index contributed by atoms with van der Waals surface area (Å²) in [6, 6.07) is 6.26. The average Bonchev–Trinajstić information content (AvgIpc) is 3.37. The quantitative estimate of drug-likeness (QED) is 0.538. The zero-order valence-corrected chi connectivity index (χ0v) is 15.9. The maximum absolute atomic E-state index is 12.9. The first-order valence-corrected chi connectivity index (χ1v) is 10.7. The number of amides is 1. The molecule has 0 radical (unpaired) electrons. The zero-order chi connectivity index (χ0) is 16.8. The van der Waals surface area contributed by atoms with Gasteiger partial charge >= 0.3 is 0 Å². The number of nitrogens with zero attached hydrogens (tertiary/aromatic N) is 4. The van der Waals surface area contributed by atoms with E-state index < -0.39 is 0 Å². The number of thiazole rings is 1. The predicted octanol–water partition coefficient (Wildman–Crippen LogP) is 3.63. The van der Waals surface area contributed by atoms with Crippen molar-refractivity contribution in [3.05, 3.63) is 44.9 Å². The maximum atomic E-state index is 12.9. The molecule has 4 aromatic rings. The molecule has 0 N–H and O–H groups in total. The molecule has 0 saturated carbocycles. The van der Waals surface area contributed by atoms with Crippen LogP contribution in [-0.2, 0) is 6.54 Å². The van der Waals surface area contributed by atoms with E-state index in [4.69, 9.17) is 0 Å². The highest BCUT2D eigenvalue weighted by atomic mass is 32.1. The number of thiophene rings is 2. The lowest BCUT2D eigenvalue weighted by molar-refractivity contribution is 0.0634. The van der Waals surface area contributed by atoms with Crippen LogP contribution in [0.3, 0.4) is 0 Å². The summed E-state index contributed by atoms with van der Waals surface area (Å²) in [6.07, 6.45) is 2.01. The largest absolute Gasteiger partial charge is 0.335 e. The van der Waals surface area contributed by atoms with Crippen LogP contribution in [0.5, 0.6) is 0 Å². The molecule has 5 heterocycles. The van der Waals surface area contributed by atoms with Gasteiger partial charge in [0.1, 0.15) is 4.83 Å². The highest BCUT2D eigenvalue weighted by Gasteiger charge is 2.24. The number of carbonyl (C=O) groups excluding carboxylic acids is 1. The summed E-state index contributed by atoms with van der Waals surface area (Å²) in [6.45, 7) is 4.44. The van der Waals surface area contributed by atoms with Crippen LogP contribution in [0.25, 0.3) is 15.3 Å². The SMILES string of the molecule is O=C(c1cc2c(nc3sccn32)s1)N1CCN(Cc2cccs2)CC1. The van der Waals surface area contributed by atoms with E-state index in [-0.39, 0.29) is 5.91 Å². The van der Waals surface area contributed by atoms with Crippen LogP contribution in [0.2, 0.25) is 0 Å². The smallest absolute Gasteiger partial charge is 0.264 e. The molecule has 1 fully saturated rings. The van der Waals surface area contributed by atoms with E-state index in [1.165, 1.54) is 16.2 Å². The summed E-state index contributed by atoms with van der Waals surface area (Å²) in [5.41, 5.74) is 1.04. The van der Waals surface area contributed by atoms with Crippen molar-refractivity contribution in [3.63, 3.8) is 0 Å². The zero-order valence-electron chi connectivity index (χ0n) is 13.4. The Labute approximate surface area is 156 Å². The third-order valence-corrected chi connectivity index (χ3v) is 7.19. The number of fused-ring (bicyclic) bond motifs is 3. The molecule has 25 heavy (non-hydrogen) atoms. The molecule has 0 aromatic carbocycles. The molecular formula is C17H16N4OS3. The van der Waals surface area contributed by atoms with Crippen LogP contribution in [0, 0.1) is 0 Å². The second kappa shape index (κ2) is 6.21. The number of piperazine rings is 1. The molecule has 0 unspecified atom stereocenters. The lowest BCUT2D eigenvalue weighted by atomic mass is 10.2. The molecule has 4 aromatic heterocycles. The van der Waals surface area contributed by atoms with E-state index in [2.05, 4.69) is 31.8 Å². The van der Waals surface area contributed by atoms with Gasteiger partial charge in [-0.3, -0.25) is 14.1 Å². The second-order valence-corrected chi connectivity index (χ2v) is 9.05. The van der Waals surface area contributed by atoms with E-state index in [9.17, 15) is 4.79 Å². The standard InChI is InChI=1S/C17H16N4OS3/c22-16(14-10-13-15(25-14)18-17-21(13)7-9-24-17)20-5-3-19(4-6-20)11-12-2-1-8-23-12/h1-2,7-10H,3-6,11H2. The summed E-state index contributed by atoms with van der Waals surface area (Å²) in [7, 11) is 0. The van der Waals surface area contributed by atoms with Gasteiger partial charge in [-0.2, -0.15) is 0 Å². The van der Waals surface area contributed by atoms with Gasteiger partial charge in [-0.25, -0.2) is 4.98 Å². The Kier molecular flexibility index (Phi) is 3.85. The molecule has 1 aliphatic rings. The van der Waals surface area contributed by atoms with Crippen LogP contribution >= 0.6 is 34.0 Å². The Morgan fingerprint density at radius 1 is 1.16 bits per heavy atom. The van der Waals surface area contributed by atoms with Gasteiger partial charge in [-0.1, -0.05) is 6.07 Å². The first-order valence-electron chi connectivity index (χ1n) is 8.17. The van der Waals surface area contributed by atoms with Crippen molar-refractivity contribution in [1.82, 2.24) is 19.2 Å². The van der Waals surface area contributed by atoms with Crippen LogP contribution in [-0.4, -0.2) is 51.3 Å². The maximum Gasteiger partial charge on any atom is 0.264 e. The van der Waals surface area contributed by atoms with Crippen molar-refractivity contribution in [3.8, 4) is 0 Å². The van der Waals surface area contributed by atoms with Gasteiger partial charge < -0.3 is 4.90 Å². The molecule has 0 atom stereocenters. The summed E-state index contributed by atoms with van der Waals surface area (Å²) in [4.78, 5) is 26.0. The molecule has 128 valence electrons. The molecule has 5 nitrogen and oxygen atoms in total. The summed E-state index contributed by atoms with van der Waals surface area (Å²) < 4.78 is 2.06. The number of carbonyl (C=O) groups is 1. The Morgan fingerprint density at radius 2 is 2.04 bits per heavy atom. The lowest BCUT2D eigenvalue weighted by Gasteiger charge is -2.34. The number of imidazole rings is 1. The van der Waals surface area contributed by atoms with E-state index in [0.717, 1.165) is 52.9 Å². The molecular weight excluding hydrogens is 372 g/mol. The third kappa shape index (κ3) is 2.79. The minimum Gasteiger partial charge on any atom is -0.335 e. The van der Waals surface area contributed by atoms with E-state index in [0.29, 0.717) is 0 Å². The number of hydrogen-bond donors (Lipinski definition) is 0. The highest BCUT2D eigenvalue weighted by molar-refractivity contribution is 7.21. The number of aromatic nitrogens is 2. The van der Waals surface area contributed by atoms with Crippen LogP contribution in [0.1, 0.15) is 14.5 Å². The van der Waals surface area contributed by atoms with Crippen LogP contribution in [0.15, 0.2) is 35.2 Å². The summed E-state index contributed by atoms with van der Waals surface area (Å²) >= 11 is 4.92. The fraction of sp³-hybridized carbons (Fsp3) is 0.294. The van der Waals surface area contributed by atoms with Crippen LogP contribution < -0.4 is 0 Å². The minimum absolute atomic E-state index is 0.141. The molecule has 1 amide bonds. The van der Waals surface area contributed by atoms with Gasteiger partial charge in [0.2, 0.25) is 0 Å². The van der Waals surface area contributed by atoms with Crippen molar-refractivity contribution in [2.24, 2.45) is 0 Å². The molecule has 0 aliphatic carbocycles. The van der Waals surface area contributed by atoms with Crippen molar-refractivity contribution in [2.45, 2.75) is 6.54 Å². The second-order valence-electron chi connectivity index (χ2n) is 6.12. The molecule has 5 rings (SSSR count). The molecule has 8 heteroatoms. The van der Waals surface area contributed by atoms with Gasteiger partial charge in [-0.15, -0.1) is 34.0 Å². The number of rotatable bonds is 3. The molecule has 0 bridgehead atoms. The van der Waals surface area contributed by atoms with E-state index in [1.807, 2.05) is 22.5 Å². The third-order valence-electron chi connectivity index (χ3n) is 4.57. The fourth-order valence-electron chi connectivity index (χ4n) is 3.24. The van der Waals surface area contributed by atoms with E-state index >= 15 is 0 Å². The normalized spacial score (nSPS) is 16.2. The lowest BCUT2D eigenvalue weighted by Crippen LogP contribution is -2.48. The van der Waals surface area contributed by atoms with Crippen molar-refractivity contribution >= 4 is 55.2 Å². The highest BCUT2D eigenvalue weighted by Crippen LogP contribution is 2.29. The average molecular weight is 389 g/mol.